The fourth-order valence-electron chi connectivity index (χ4n) is 3.22. The summed E-state index contributed by atoms with van der Waals surface area (Å²) in [5.74, 6) is -0.889. The predicted molar refractivity (Wildman–Crippen MR) is 122 cm³/mol. The van der Waals surface area contributed by atoms with Gasteiger partial charge in [-0.1, -0.05) is 41.9 Å². The molecule has 0 aliphatic carbocycles. The van der Waals surface area contributed by atoms with Gasteiger partial charge in [0, 0.05) is 10.4 Å². The summed E-state index contributed by atoms with van der Waals surface area (Å²) in [7, 11) is 0. The minimum absolute atomic E-state index is 0.176. The van der Waals surface area contributed by atoms with E-state index in [0.717, 1.165) is 27.2 Å². The molecule has 4 rings (SSSR count). The molecule has 0 spiro atoms. The standard InChI is InChI=1S/C23H20ClN3O3S/c1-14(16-6-4-3-5-7-16)25-21(28)13-30-23(29)20-12-19-15(2)26-27(22(19)31-20)18-10-8-17(24)9-11-18/h3-12,14H,13H2,1-2H3,(H,25,28). The van der Waals surface area contributed by atoms with Crippen LogP contribution in [0, 0.1) is 6.92 Å². The molecular weight excluding hydrogens is 434 g/mol. The highest BCUT2D eigenvalue weighted by molar-refractivity contribution is 7.20. The molecule has 2 heterocycles. The molecule has 4 aromatic rings. The molecule has 6 nitrogen and oxygen atoms in total. The lowest BCUT2D eigenvalue weighted by Gasteiger charge is -2.14. The van der Waals surface area contributed by atoms with Crippen LogP contribution < -0.4 is 5.32 Å². The first-order chi connectivity index (χ1) is 14.9. The Balaban J connectivity index is 1.44. The molecule has 1 atom stereocenters. The van der Waals surface area contributed by atoms with Gasteiger partial charge in [-0.15, -0.1) is 11.3 Å². The first-order valence-corrected chi connectivity index (χ1v) is 10.9. The number of esters is 1. The predicted octanol–water partition coefficient (Wildman–Crippen LogP) is 5.08. The van der Waals surface area contributed by atoms with E-state index in [1.165, 1.54) is 11.3 Å². The zero-order valence-electron chi connectivity index (χ0n) is 17.0. The normalized spacial score (nSPS) is 12.0. The zero-order chi connectivity index (χ0) is 22.0. The summed E-state index contributed by atoms with van der Waals surface area (Å²) in [4.78, 5) is 26.0. The van der Waals surface area contributed by atoms with Crippen molar-refractivity contribution < 1.29 is 14.3 Å². The summed E-state index contributed by atoms with van der Waals surface area (Å²) in [6.45, 7) is 3.42. The third-order valence-corrected chi connectivity index (χ3v) is 6.17. The van der Waals surface area contributed by atoms with Crippen molar-refractivity contribution in [2.45, 2.75) is 19.9 Å². The van der Waals surface area contributed by atoms with E-state index in [4.69, 9.17) is 16.3 Å². The number of ether oxygens (including phenoxy) is 1. The van der Waals surface area contributed by atoms with Gasteiger partial charge in [0.05, 0.1) is 17.4 Å². The number of aromatic nitrogens is 2. The molecule has 2 aromatic carbocycles. The van der Waals surface area contributed by atoms with Crippen LogP contribution in [-0.4, -0.2) is 28.3 Å². The van der Waals surface area contributed by atoms with Crippen LogP contribution in [0.5, 0.6) is 0 Å². The Morgan fingerprint density at radius 2 is 1.87 bits per heavy atom. The van der Waals surface area contributed by atoms with Crippen molar-refractivity contribution >= 4 is 45.0 Å². The molecule has 0 saturated carbocycles. The Bertz CT molecular complexity index is 1230. The van der Waals surface area contributed by atoms with Crippen molar-refractivity contribution in [3.05, 3.63) is 81.8 Å². The molecule has 1 N–H and O–H groups in total. The molecule has 0 saturated heterocycles. The van der Waals surface area contributed by atoms with Crippen molar-refractivity contribution in [2.75, 3.05) is 6.61 Å². The van der Waals surface area contributed by atoms with Crippen LogP contribution in [-0.2, 0) is 9.53 Å². The molecular formula is C23H20ClN3O3S. The second-order valence-corrected chi connectivity index (χ2v) is 8.55. The maximum absolute atomic E-state index is 12.5. The van der Waals surface area contributed by atoms with Crippen molar-refractivity contribution in [1.29, 1.82) is 0 Å². The minimum Gasteiger partial charge on any atom is -0.451 e. The topological polar surface area (TPSA) is 73.2 Å². The van der Waals surface area contributed by atoms with Crippen LogP contribution in [0.1, 0.15) is 33.9 Å². The molecule has 1 amide bonds. The van der Waals surface area contributed by atoms with Gasteiger partial charge in [0.15, 0.2) is 6.61 Å². The first kappa shape index (κ1) is 21.1. The summed E-state index contributed by atoms with van der Waals surface area (Å²) >= 11 is 7.25. The lowest BCUT2D eigenvalue weighted by molar-refractivity contribution is -0.124. The van der Waals surface area contributed by atoms with Crippen molar-refractivity contribution in [1.82, 2.24) is 15.1 Å². The van der Waals surface area contributed by atoms with Gasteiger partial charge in [-0.2, -0.15) is 5.10 Å². The Morgan fingerprint density at radius 1 is 1.16 bits per heavy atom. The number of benzene rings is 2. The zero-order valence-corrected chi connectivity index (χ0v) is 18.5. The van der Waals surface area contributed by atoms with E-state index >= 15 is 0 Å². The van der Waals surface area contributed by atoms with Crippen LogP contribution in [0.25, 0.3) is 15.9 Å². The van der Waals surface area contributed by atoms with Gasteiger partial charge in [0.1, 0.15) is 9.71 Å². The average Bonchev–Trinajstić information content (AvgIpc) is 3.34. The summed E-state index contributed by atoms with van der Waals surface area (Å²) in [6.07, 6.45) is 0. The molecule has 8 heteroatoms. The molecule has 2 aromatic heterocycles. The van der Waals surface area contributed by atoms with E-state index in [1.54, 1.807) is 22.9 Å². The van der Waals surface area contributed by atoms with Gasteiger partial charge in [-0.05, 0) is 49.7 Å². The first-order valence-electron chi connectivity index (χ1n) is 9.69. The maximum atomic E-state index is 12.5. The summed E-state index contributed by atoms with van der Waals surface area (Å²) in [5.41, 5.74) is 2.63. The smallest absolute Gasteiger partial charge is 0.348 e. The maximum Gasteiger partial charge on any atom is 0.348 e. The highest BCUT2D eigenvalue weighted by Crippen LogP contribution is 2.31. The van der Waals surface area contributed by atoms with Crippen molar-refractivity contribution in [3.63, 3.8) is 0 Å². The second kappa shape index (κ2) is 8.91. The molecule has 0 fully saturated rings. The van der Waals surface area contributed by atoms with E-state index in [-0.39, 0.29) is 18.6 Å². The van der Waals surface area contributed by atoms with Gasteiger partial charge in [0.2, 0.25) is 0 Å². The monoisotopic (exact) mass is 453 g/mol. The van der Waals surface area contributed by atoms with E-state index < -0.39 is 5.97 Å². The average molecular weight is 454 g/mol. The van der Waals surface area contributed by atoms with Gasteiger partial charge < -0.3 is 10.1 Å². The van der Waals surface area contributed by atoms with E-state index in [9.17, 15) is 9.59 Å². The van der Waals surface area contributed by atoms with E-state index in [2.05, 4.69) is 10.4 Å². The van der Waals surface area contributed by atoms with Gasteiger partial charge >= 0.3 is 5.97 Å². The van der Waals surface area contributed by atoms with Crippen molar-refractivity contribution in [3.8, 4) is 5.69 Å². The number of nitrogens with one attached hydrogen (secondary N) is 1. The Hall–Kier alpha value is -3.16. The number of nitrogens with zero attached hydrogens (tertiary/aromatic N) is 2. The highest BCUT2D eigenvalue weighted by Gasteiger charge is 2.19. The van der Waals surface area contributed by atoms with Crippen LogP contribution in [0.3, 0.4) is 0 Å². The number of hydrogen-bond acceptors (Lipinski definition) is 5. The Labute approximate surface area is 188 Å². The number of rotatable bonds is 6. The second-order valence-electron chi connectivity index (χ2n) is 7.08. The number of fused-ring (bicyclic) bond motifs is 1. The van der Waals surface area contributed by atoms with Crippen LogP contribution in [0.4, 0.5) is 0 Å². The number of carbonyl (C=O) groups excluding carboxylic acids is 2. The molecule has 0 aliphatic rings. The molecule has 31 heavy (non-hydrogen) atoms. The van der Waals surface area contributed by atoms with Gasteiger partial charge in [-0.3, -0.25) is 4.79 Å². The third-order valence-electron chi connectivity index (χ3n) is 4.83. The fraction of sp³-hybridized carbons (Fsp3) is 0.174. The van der Waals surface area contributed by atoms with Crippen LogP contribution >= 0.6 is 22.9 Å². The molecule has 0 radical (unpaired) electrons. The SMILES string of the molecule is Cc1nn(-c2ccc(Cl)cc2)c2sc(C(=O)OCC(=O)NC(C)c3ccccc3)cc12. The van der Waals surface area contributed by atoms with Crippen LogP contribution in [0.2, 0.25) is 5.02 Å². The fourth-order valence-corrected chi connectivity index (χ4v) is 4.42. The number of amides is 1. The molecule has 1 unspecified atom stereocenters. The third kappa shape index (κ3) is 4.62. The number of thiophene rings is 1. The highest BCUT2D eigenvalue weighted by atomic mass is 35.5. The van der Waals surface area contributed by atoms with Gasteiger partial charge in [0.25, 0.3) is 5.91 Å². The number of halogens is 1. The summed E-state index contributed by atoms with van der Waals surface area (Å²) < 4.78 is 7.01. The number of aryl methyl sites for hydroxylation is 1. The van der Waals surface area contributed by atoms with Gasteiger partial charge in [-0.25, -0.2) is 9.48 Å². The Morgan fingerprint density at radius 3 is 2.58 bits per heavy atom. The molecule has 0 bridgehead atoms. The quantitative estimate of drug-likeness (QED) is 0.413. The summed E-state index contributed by atoms with van der Waals surface area (Å²) in [6, 6.07) is 18.5. The lowest BCUT2D eigenvalue weighted by atomic mass is 10.1. The van der Waals surface area contributed by atoms with E-state index in [0.29, 0.717) is 9.90 Å². The largest absolute Gasteiger partial charge is 0.451 e. The van der Waals surface area contributed by atoms with E-state index in [1.807, 2.05) is 56.3 Å². The number of carbonyl (C=O) groups is 2. The van der Waals surface area contributed by atoms with Crippen molar-refractivity contribution in [2.24, 2.45) is 0 Å². The minimum atomic E-state index is -0.536. The summed E-state index contributed by atoms with van der Waals surface area (Å²) in [5, 5.41) is 8.89. The molecule has 158 valence electrons. The van der Waals surface area contributed by atoms with Crippen LogP contribution in [0.15, 0.2) is 60.7 Å². The Kier molecular flexibility index (Phi) is 6.06. The number of hydrogen-bond donors (Lipinski definition) is 1. The lowest BCUT2D eigenvalue weighted by Crippen LogP contribution is -2.31. The molecule has 0 aliphatic heterocycles.